The summed E-state index contributed by atoms with van der Waals surface area (Å²) in [6, 6.07) is 0.637. The third-order valence-corrected chi connectivity index (χ3v) is 5.22. The van der Waals surface area contributed by atoms with Crippen LogP contribution in [0.2, 0.25) is 0 Å². The fourth-order valence-corrected chi connectivity index (χ4v) is 3.76. The van der Waals surface area contributed by atoms with Gasteiger partial charge in [0.2, 0.25) is 5.90 Å². The van der Waals surface area contributed by atoms with E-state index in [1.165, 1.54) is 32.4 Å². The van der Waals surface area contributed by atoms with Crippen molar-refractivity contribution in [3.05, 3.63) is 0 Å². The summed E-state index contributed by atoms with van der Waals surface area (Å²) in [4.78, 5) is 10.5. The Kier molecular flexibility index (Phi) is 5.58. The van der Waals surface area contributed by atoms with Gasteiger partial charge in [-0.1, -0.05) is 11.6 Å². The van der Waals surface area contributed by atoms with Crippen molar-refractivity contribution in [2.75, 3.05) is 39.3 Å². The Morgan fingerprint density at radius 3 is 2.50 bits per heavy atom. The van der Waals surface area contributed by atoms with Crippen molar-refractivity contribution >= 4 is 5.90 Å². The van der Waals surface area contributed by atoms with Crippen molar-refractivity contribution in [1.29, 1.82) is 0 Å². The number of ether oxygens (including phenoxy) is 1. The van der Waals surface area contributed by atoms with Crippen LogP contribution in [-0.2, 0) is 9.57 Å². The molecule has 2 saturated heterocycles. The lowest BCUT2D eigenvalue weighted by atomic mass is 9.95. The number of oxime groups is 1. The van der Waals surface area contributed by atoms with Crippen molar-refractivity contribution in [3.63, 3.8) is 0 Å². The highest BCUT2D eigenvalue weighted by atomic mass is 16.7. The summed E-state index contributed by atoms with van der Waals surface area (Å²) >= 11 is 0. The molecular formula is C17H31N3O2. The lowest BCUT2D eigenvalue weighted by Crippen LogP contribution is -2.45. The summed E-state index contributed by atoms with van der Waals surface area (Å²) in [5, 5.41) is 4.22. The van der Waals surface area contributed by atoms with Crippen molar-refractivity contribution in [2.45, 2.75) is 58.1 Å². The summed E-state index contributed by atoms with van der Waals surface area (Å²) in [7, 11) is 0. The van der Waals surface area contributed by atoms with Crippen LogP contribution in [0.1, 0.15) is 46.0 Å². The maximum atomic E-state index is 6.19. The van der Waals surface area contributed by atoms with E-state index in [1.807, 2.05) is 0 Å². The molecule has 5 nitrogen and oxygen atoms in total. The first-order chi connectivity index (χ1) is 10.7. The lowest BCUT2D eigenvalue weighted by Gasteiger charge is -2.37. The van der Waals surface area contributed by atoms with Gasteiger partial charge in [0.25, 0.3) is 0 Å². The first-order valence-electron chi connectivity index (χ1n) is 9.05. The van der Waals surface area contributed by atoms with E-state index in [4.69, 9.17) is 9.57 Å². The monoisotopic (exact) mass is 309 g/mol. The van der Waals surface area contributed by atoms with Crippen LogP contribution in [0.15, 0.2) is 5.16 Å². The molecule has 0 radical (unpaired) electrons. The molecule has 0 aliphatic carbocycles. The van der Waals surface area contributed by atoms with E-state index in [0.717, 1.165) is 38.4 Å². The van der Waals surface area contributed by atoms with Crippen LogP contribution >= 0.6 is 0 Å². The van der Waals surface area contributed by atoms with Gasteiger partial charge in [0.1, 0.15) is 6.10 Å². The van der Waals surface area contributed by atoms with Crippen LogP contribution in [0.3, 0.4) is 0 Å². The third-order valence-electron chi connectivity index (χ3n) is 5.22. The normalized spacial score (nSPS) is 29.0. The number of rotatable bonds is 4. The number of hydrogen-bond acceptors (Lipinski definition) is 5. The molecule has 0 amide bonds. The molecule has 3 heterocycles. The van der Waals surface area contributed by atoms with Crippen molar-refractivity contribution in [1.82, 2.24) is 9.80 Å². The van der Waals surface area contributed by atoms with Gasteiger partial charge in [0, 0.05) is 18.5 Å². The topological polar surface area (TPSA) is 37.3 Å². The molecule has 3 rings (SSSR count). The second kappa shape index (κ2) is 7.64. The summed E-state index contributed by atoms with van der Waals surface area (Å²) in [5.74, 6) is 1.30. The molecule has 0 unspecified atom stereocenters. The van der Waals surface area contributed by atoms with Crippen LogP contribution in [0.4, 0.5) is 0 Å². The van der Waals surface area contributed by atoms with E-state index in [0.29, 0.717) is 18.6 Å². The second-order valence-electron chi connectivity index (χ2n) is 7.23. The van der Waals surface area contributed by atoms with E-state index in [2.05, 4.69) is 28.8 Å². The molecule has 0 aromatic heterocycles. The van der Waals surface area contributed by atoms with E-state index in [1.54, 1.807) is 0 Å². The molecule has 3 aliphatic heterocycles. The summed E-state index contributed by atoms with van der Waals surface area (Å²) in [6.45, 7) is 10.8. The van der Waals surface area contributed by atoms with Gasteiger partial charge in [-0.25, -0.2) is 0 Å². The van der Waals surface area contributed by atoms with Crippen LogP contribution in [0, 0.1) is 5.92 Å². The van der Waals surface area contributed by atoms with Crippen molar-refractivity contribution in [3.8, 4) is 0 Å². The maximum absolute atomic E-state index is 6.19. The Bertz CT molecular complexity index is 372. The highest BCUT2D eigenvalue weighted by Crippen LogP contribution is 2.23. The number of piperidine rings is 2. The molecule has 2 fully saturated rings. The van der Waals surface area contributed by atoms with Gasteiger partial charge < -0.3 is 14.5 Å². The molecule has 5 heteroatoms. The molecule has 22 heavy (non-hydrogen) atoms. The predicted molar refractivity (Wildman–Crippen MR) is 88.0 cm³/mol. The van der Waals surface area contributed by atoms with E-state index < -0.39 is 0 Å². The molecule has 0 aromatic carbocycles. The summed E-state index contributed by atoms with van der Waals surface area (Å²) in [5.41, 5.74) is 0. The van der Waals surface area contributed by atoms with Gasteiger partial charge in [-0.2, -0.15) is 0 Å². The van der Waals surface area contributed by atoms with Crippen LogP contribution in [-0.4, -0.2) is 67.2 Å². The molecule has 0 saturated carbocycles. The Labute approximate surface area is 134 Å². The van der Waals surface area contributed by atoms with Gasteiger partial charge in [-0.3, -0.25) is 4.90 Å². The highest BCUT2D eigenvalue weighted by molar-refractivity contribution is 5.78. The minimum Gasteiger partial charge on any atom is -0.470 e. The Balaban J connectivity index is 1.47. The Hall–Kier alpha value is -0.810. The fraction of sp³-hybridized carbons (Fsp3) is 0.941. The van der Waals surface area contributed by atoms with Gasteiger partial charge in [-0.15, -0.1) is 0 Å². The average molecular weight is 309 g/mol. The molecule has 0 aromatic rings. The van der Waals surface area contributed by atoms with Gasteiger partial charge in [0.05, 0.1) is 0 Å². The number of nitrogens with zero attached hydrogens (tertiary/aromatic N) is 3. The average Bonchev–Trinajstić information content (AvgIpc) is 2.56. The zero-order chi connectivity index (χ0) is 15.4. The zero-order valence-electron chi connectivity index (χ0n) is 14.2. The number of hydrogen-bond donors (Lipinski definition) is 0. The first kappa shape index (κ1) is 16.1. The third kappa shape index (κ3) is 4.13. The highest BCUT2D eigenvalue weighted by Gasteiger charge is 2.31. The van der Waals surface area contributed by atoms with Crippen molar-refractivity contribution < 1.29 is 9.57 Å². The van der Waals surface area contributed by atoms with E-state index in [-0.39, 0.29) is 6.10 Å². The summed E-state index contributed by atoms with van der Waals surface area (Å²) < 4.78 is 6.19. The first-order valence-corrected chi connectivity index (χ1v) is 9.05. The van der Waals surface area contributed by atoms with Crippen LogP contribution in [0.25, 0.3) is 0 Å². The zero-order valence-corrected chi connectivity index (χ0v) is 14.2. The largest absolute Gasteiger partial charge is 0.470 e. The van der Waals surface area contributed by atoms with Crippen LogP contribution in [0.5, 0.6) is 0 Å². The molecule has 3 aliphatic rings. The minimum atomic E-state index is 0.161. The number of likely N-dealkylation sites (tertiary alicyclic amines) is 2. The fourth-order valence-electron chi connectivity index (χ4n) is 3.76. The van der Waals surface area contributed by atoms with Gasteiger partial charge in [0.15, 0.2) is 6.61 Å². The minimum absolute atomic E-state index is 0.161. The summed E-state index contributed by atoms with van der Waals surface area (Å²) in [6.07, 6.45) is 6.45. The molecule has 0 bridgehead atoms. The second-order valence-corrected chi connectivity index (χ2v) is 7.23. The van der Waals surface area contributed by atoms with Crippen molar-refractivity contribution in [2.24, 2.45) is 11.1 Å². The van der Waals surface area contributed by atoms with Gasteiger partial charge in [-0.05, 0) is 65.7 Å². The molecule has 0 N–H and O–H groups in total. The molecule has 0 spiro atoms. The molecule has 126 valence electrons. The quantitative estimate of drug-likeness (QED) is 0.799. The molecular weight excluding hydrogens is 278 g/mol. The SMILES string of the molecule is CC(C)N1CCC(C2=NOC[C@@H](CN3CCCCC3)O2)CC1. The standard InChI is InChI=1S/C17H31N3O2/c1-14(2)20-10-6-15(7-11-20)17-18-21-13-16(22-17)12-19-8-4-3-5-9-19/h14-16H,3-13H2,1-2H3/t16-/m1/s1. The smallest absolute Gasteiger partial charge is 0.229 e. The van der Waals surface area contributed by atoms with E-state index >= 15 is 0 Å². The predicted octanol–water partition coefficient (Wildman–Crippen LogP) is 2.32. The maximum Gasteiger partial charge on any atom is 0.229 e. The Morgan fingerprint density at radius 2 is 1.82 bits per heavy atom. The van der Waals surface area contributed by atoms with Crippen LogP contribution < -0.4 is 0 Å². The molecule has 1 atom stereocenters. The van der Waals surface area contributed by atoms with Gasteiger partial charge >= 0.3 is 0 Å². The lowest BCUT2D eigenvalue weighted by molar-refractivity contribution is -0.0180. The van der Waals surface area contributed by atoms with E-state index in [9.17, 15) is 0 Å². The Morgan fingerprint density at radius 1 is 1.09 bits per heavy atom.